The minimum atomic E-state index is -0.00307. The molecular formula is C25H21N5OS2. The van der Waals surface area contributed by atoms with Gasteiger partial charge in [-0.15, -0.1) is 0 Å². The second kappa shape index (κ2) is 9.25. The van der Waals surface area contributed by atoms with Gasteiger partial charge in [-0.2, -0.15) is 10.2 Å². The van der Waals surface area contributed by atoms with E-state index in [-0.39, 0.29) is 5.91 Å². The van der Waals surface area contributed by atoms with E-state index in [0.29, 0.717) is 16.6 Å². The van der Waals surface area contributed by atoms with Gasteiger partial charge in [0.15, 0.2) is 5.17 Å². The highest BCUT2D eigenvalue weighted by molar-refractivity contribution is 8.19. The largest absolute Gasteiger partial charge is 0.337 e. The van der Waals surface area contributed by atoms with E-state index in [1.807, 2.05) is 80.7 Å². The lowest BCUT2D eigenvalue weighted by atomic mass is 10.3. The van der Waals surface area contributed by atoms with Gasteiger partial charge in [0.1, 0.15) is 4.91 Å². The van der Waals surface area contributed by atoms with Crippen LogP contribution in [0.3, 0.4) is 0 Å². The van der Waals surface area contributed by atoms with Crippen LogP contribution in [0, 0.1) is 0 Å². The number of hydrogen-bond acceptors (Lipinski definition) is 7. The third-order valence-electron chi connectivity index (χ3n) is 5.22. The van der Waals surface area contributed by atoms with Crippen molar-refractivity contribution in [2.75, 3.05) is 18.5 Å². The molecule has 5 rings (SSSR count). The number of amides is 1. The molecule has 3 aromatic carbocycles. The number of rotatable bonds is 4. The molecule has 0 aliphatic carbocycles. The molecule has 8 heteroatoms. The first-order chi connectivity index (χ1) is 16.1. The van der Waals surface area contributed by atoms with Gasteiger partial charge in [-0.25, -0.2) is 4.99 Å². The van der Waals surface area contributed by atoms with Gasteiger partial charge in [-0.05, 0) is 67.2 Å². The van der Waals surface area contributed by atoms with Gasteiger partial charge in [0, 0.05) is 18.5 Å². The lowest BCUT2D eigenvalue weighted by Crippen LogP contribution is -2.29. The number of likely N-dealkylation sites (N-methyl/N-ethyl adjacent to an activating group) is 1. The fraction of sp³-hybridized carbons (Fsp3) is 0.120. The fourth-order valence-electron chi connectivity index (χ4n) is 3.51. The molecule has 2 heterocycles. The van der Waals surface area contributed by atoms with Crippen LogP contribution < -0.4 is 4.90 Å². The molecule has 0 bridgehead atoms. The summed E-state index contributed by atoms with van der Waals surface area (Å²) in [6.07, 6.45) is 0. The molecule has 33 heavy (non-hydrogen) atoms. The third-order valence-corrected chi connectivity index (χ3v) is 7.66. The number of nitrogens with zero attached hydrogens (tertiary/aromatic N) is 5. The highest BCUT2D eigenvalue weighted by Crippen LogP contribution is 2.49. The van der Waals surface area contributed by atoms with Crippen molar-refractivity contribution in [3.05, 3.63) is 88.8 Å². The molecule has 6 nitrogen and oxygen atoms in total. The van der Waals surface area contributed by atoms with Crippen LogP contribution in [0.25, 0.3) is 0 Å². The number of azo groups is 1. The highest BCUT2D eigenvalue weighted by atomic mass is 32.2. The summed E-state index contributed by atoms with van der Waals surface area (Å²) in [5, 5.41) is 10.2. The van der Waals surface area contributed by atoms with Crippen molar-refractivity contribution in [3.8, 4) is 0 Å². The summed E-state index contributed by atoms with van der Waals surface area (Å²) >= 11 is 3.06. The number of hydrogen-bond donors (Lipinski definition) is 0. The maximum atomic E-state index is 13.2. The van der Waals surface area contributed by atoms with Gasteiger partial charge in [-0.1, -0.05) is 42.1 Å². The van der Waals surface area contributed by atoms with E-state index >= 15 is 0 Å². The van der Waals surface area contributed by atoms with E-state index in [0.717, 1.165) is 32.7 Å². The van der Waals surface area contributed by atoms with Crippen molar-refractivity contribution in [1.29, 1.82) is 0 Å². The van der Waals surface area contributed by atoms with Crippen LogP contribution in [0.5, 0.6) is 0 Å². The molecule has 0 aromatic heterocycles. The van der Waals surface area contributed by atoms with E-state index in [1.165, 1.54) is 11.8 Å². The second-order valence-electron chi connectivity index (χ2n) is 7.36. The SMILES string of the molecule is CCN1C(=O)/C(=C2/Sc3ccccc3N2C)SC1=Nc1ccc(N=Nc2ccccc2)cc1. The van der Waals surface area contributed by atoms with Gasteiger partial charge < -0.3 is 4.90 Å². The first-order valence-corrected chi connectivity index (χ1v) is 12.2. The van der Waals surface area contributed by atoms with E-state index < -0.39 is 0 Å². The Labute approximate surface area is 201 Å². The van der Waals surface area contributed by atoms with E-state index in [1.54, 1.807) is 16.7 Å². The zero-order valence-electron chi connectivity index (χ0n) is 18.2. The lowest BCUT2D eigenvalue weighted by Gasteiger charge is -2.15. The number of thioether (sulfide) groups is 2. The number of aliphatic imine (C=N–C) groups is 1. The summed E-state index contributed by atoms with van der Waals surface area (Å²) < 4.78 is 0. The average molecular weight is 472 g/mol. The van der Waals surface area contributed by atoms with Gasteiger partial charge in [0.05, 0.1) is 27.8 Å². The maximum Gasteiger partial charge on any atom is 0.269 e. The molecule has 3 aromatic rings. The Bertz CT molecular complexity index is 1290. The van der Waals surface area contributed by atoms with E-state index in [9.17, 15) is 4.79 Å². The summed E-state index contributed by atoms with van der Waals surface area (Å²) in [5.74, 6) is -0.00307. The van der Waals surface area contributed by atoms with Crippen molar-refractivity contribution in [3.63, 3.8) is 0 Å². The number of anilines is 1. The Morgan fingerprint density at radius 3 is 2.12 bits per heavy atom. The van der Waals surface area contributed by atoms with Gasteiger partial charge in [0.2, 0.25) is 0 Å². The standard InChI is InChI=1S/C25H21N5OS2/c1-3-30-23(31)22(24-29(2)20-11-7-8-12-21(20)32-24)33-25(30)26-17-13-15-19(16-14-17)28-27-18-9-5-4-6-10-18/h4-16H,3H2,1-2H3/b24-22-,26-25?,28-27?. The topological polar surface area (TPSA) is 60.6 Å². The Balaban J connectivity index is 1.39. The number of benzene rings is 3. The zero-order chi connectivity index (χ0) is 22.8. The number of carbonyl (C=O) groups is 1. The Kier molecular flexibility index (Phi) is 6.02. The van der Waals surface area contributed by atoms with Crippen LogP contribution in [-0.4, -0.2) is 29.6 Å². The number of para-hydroxylation sites is 1. The zero-order valence-corrected chi connectivity index (χ0v) is 19.8. The molecule has 2 aliphatic rings. The molecule has 0 atom stereocenters. The van der Waals surface area contributed by atoms with Crippen molar-refractivity contribution in [2.24, 2.45) is 15.2 Å². The molecule has 0 spiro atoms. The van der Waals surface area contributed by atoms with Crippen LogP contribution in [0.4, 0.5) is 22.7 Å². The average Bonchev–Trinajstić information content (AvgIpc) is 3.35. The lowest BCUT2D eigenvalue weighted by molar-refractivity contribution is -0.122. The van der Waals surface area contributed by atoms with Crippen LogP contribution in [0.1, 0.15) is 6.92 Å². The number of amidine groups is 1. The smallest absolute Gasteiger partial charge is 0.269 e. The molecule has 2 aliphatic heterocycles. The Hall–Kier alpha value is -3.36. The molecule has 1 fully saturated rings. The molecule has 0 unspecified atom stereocenters. The van der Waals surface area contributed by atoms with Crippen molar-refractivity contribution in [2.45, 2.75) is 11.8 Å². The maximum absolute atomic E-state index is 13.2. The summed E-state index contributed by atoms with van der Waals surface area (Å²) in [6.45, 7) is 2.53. The first kappa shape index (κ1) is 21.5. The molecule has 0 N–H and O–H groups in total. The van der Waals surface area contributed by atoms with Crippen molar-refractivity contribution < 1.29 is 4.79 Å². The summed E-state index contributed by atoms with van der Waals surface area (Å²) in [4.78, 5) is 23.6. The number of carbonyl (C=O) groups excluding carboxylic acids is 1. The second-order valence-corrected chi connectivity index (χ2v) is 9.37. The fourth-order valence-corrected chi connectivity index (χ4v) is 5.92. The molecular weight excluding hydrogens is 450 g/mol. The minimum absolute atomic E-state index is 0.00307. The van der Waals surface area contributed by atoms with E-state index in [2.05, 4.69) is 27.3 Å². The summed E-state index contributed by atoms with van der Waals surface area (Å²) in [6, 6.07) is 25.3. The summed E-state index contributed by atoms with van der Waals surface area (Å²) in [5.41, 5.74) is 3.44. The monoisotopic (exact) mass is 471 g/mol. The van der Waals surface area contributed by atoms with Crippen molar-refractivity contribution >= 4 is 57.3 Å². The van der Waals surface area contributed by atoms with Crippen molar-refractivity contribution in [1.82, 2.24) is 4.90 Å². The van der Waals surface area contributed by atoms with E-state index in [4.69, 9.17) is 4.99 Å². The first-order valence-electron chi connectivity index (χ1n) is 10.5. The Morgan fingerprint density at radius 2 is 1.42 bits per heavy atom. The van der Waals surface area contributed by atoms with Gasteiger partial charge in [-0.3, -0.25) is 9.69 Å². The normalized spacial score (nSPS) is 19.2. The molecule has 1 saturated heterocycles. The molecule has 164 valence electrons. The number of fused-ring (bicyclic) bond motifs is 1. The minimum Gasteiger partial charge on any atom is -0.337 e. The Morgan fingerprint density at radius 1 is 0.788 bits per heavy atom. The summed E-state index contributed by atoms with van der Waals surface area (Å²) in [7, 11) is 2.00. The van der Waals surface area contributed by atoms with Crippen LogP contribution in [-0.2, 0) is 4.79 Å². The van der Waals surface area contributed by atoms with Crippen LogP contribution in [0.2, 0.25) is 0 Å². The molecule has 1 amide bonds. The highest BCUT2D eigenvalue weighted by Gasteiger charge is 2.38. The molecule has 0 saturated carbocycles. The van der Waals surface area contributed by atoms with Crippen LogP contribution >= 0.6 is 23.5 Å². The quantitative estimate of drug-likeness (QED) is 0.301. The predicted octanol–water partition coefficient (Wildman–Crippen LogP) is 7.10. The third kappa shape index (κ3) is 4.31. The van der Waals surface area contributed by atoms with Gasteiger partial charge >= 0.3 is 0 Å². The van der Waals surface area contributed by atoms with Crippen LogP contribution in [0.15, 0.2) is 109 Å². The van der Waals surface area contributed by atoms with Gasteiger partial charge in [0.25, 0.3) is 5.91 Å². The predicted molar refractivity (Wildman–Crippen MR) is 137 cm³/mol. The molecule has 0 radical (unpaired) electrons.